The summed E-state index contributed by atoms with van der Waals surface area (Å²) in [5.74, 6) is -1.60. The van der Waals surface area contributed by atoms with Gasteiger partial charge in [0.1, 0.15) is 18.1 Å². The molecule has 10 nitrogen and oxygen atoms in total. The predicted molar refractivity (Wildman–Crippen MR) is 157 cm³/mol. The Labute approximate surface area is 239 Å². The molecule has 0 bridgehead atoms. The van der Waals surface area contributed by atoms with Crippen molar-refractivity contribution in [3.05, 3.63) is 47.4 Å². The van der Waals surface area contributed by atoms with Crippen molar-refractivity contribution >= 4 is 33.5 Å². The Kier molecular flexibility index (Phi) is 14.6. The van der Waals surface area contributed by atoms with Gasteiger partial charge >= 0.3 is 0 Å². The Morgan fingerprint density at radius 2 is 1.35 bits per heavy atom. The van der Waals surface area contributed by atoms with E-state index in [0.29, 0.717) is 25.7 Å². The Balaban J connectivity index is 2.93. The van der Waals surface area contributed by atoms with Gasteiger partial charge in [-0.15, -0.1) is 0 Å². The minimum Gasteiger partial charge on any atom is -0.348 e. The van der Waals surface area contributed by atoms with E-state index in [-0.39, 0.29) is 17.7 Å². The fourth-order valence-electron chi connectivity index (χ4n) is 4.06. The molecule has 4 atom stereocenters. The molecule has 0 aliphatic heterocycles. The van der Waals surface area contributed by atoms with Gasteiger partial charge in [0.05, 0.1) is 0 Å². The fraction of sp³-hybridized carbons (Fsp3) is 0.586. The van der Waals surface area contributed by atoms with E-state index < -0.39 is 51.7 Å². The highest BCUT2D eigenvalue weighted by Gasteiger charge is 2.29. The van der Waals surface area contributed by atoms with Crippen molar-refractivity contribution < 1.29 is 27.6 Å². The van der Waals surface area contributed by atoms with Crippen molar-refractivity contribution in [3.63, 3.8) is 0 Å². The molecule has 0 radical (unpaired) electrons. The molecule has 1 aromatic rings. The summed E-state index contributed by atoms with van der Waals surface area (Å²) in [6.07, 6.45) is 4.25. The molecule has 4 N–H and O–H groups in total. The van der Waals surface area contributed by atoms with Crippen LogP contribution in [-0.2, 0) is 35.4 Å². The average Bonchev–Trinajstić information content (AvgIpc) is 2.83. The summed E-state index contributed by atoms with van der Waals surface area (Å²) in [5, 5.41) is 11.9. The first-order valence-corrected chi connectivity index (χ1v) is 15.6. The molecular formula is C29H46N4O6S. The van der Waals surface area contributed by atoms with Crippen LogP contribution in [0, 0.1) is 11.8 Å². The maximum Gasteiger partial charge on any atom is 0.243 e. The van der Waals surface area contributed by atoms with E-state index in [2.05, 4.69) is 21.3 Å². The molecular weight excluding hydrogens is 532 g/mol. The summed E-state index contributed by atoms with van der Waals surface area (Å²) in [6.45, 7) is 10.6. The molecule has 0 aliphatic rings. The van der Waals surface area contributed by atoms with Crippen LogP contribution in [0.2, 0.25) is 0 Å². The third-order valence-corrected chi connectivity index (χ3v) is 6.61. The lowest BCUT2D eigenvalue weighted by Gasteiger charge is -2.26. The maximum atomic E-state index is 13.2. The van der Waals surface area contributed by atoms with Gasteiger partial charge in [0.2, 0.25) is 23.6 Å². The van der Waals surface area contributed by atoms with Gasteiger partial charge in [-0.1, -0.05) is 64.1 Å². The lowest BCUT2D eigenvalue weighted by molar-refractivity contribution is -0.133. The highest BCUT2D eigenvalue weighted by molar-refractivity contribution is 7.93. The van der Waals surface area contributed by atoms with E-state index in [9.17, 15) is 27.6 Å². The minimum atomic E-state index is -3.37. The highest BCUT2D eigenvalue weighted by atomic mass is 32.2. The van der Waals surface area contributed by atoms with E-state index in [4.69, 9.17) is 0 Å². The molecule has 1 aromatic carbocycles. The fourth-order valence-corrected chi connectivity index (χ4v) is 4.54. The molecule has 0 heterocycles. The van der Waals surface area contributed by atoms with Gasteiger partial charge in [-0.3, -0.25) is 19.2 Å². The van der Waals surface area contributed by atoms with Crippen molar-refractivity contribution in [3.8, 4) is 0 Å². The van der Waals surface area contributed by atoms with Crippen molar-refractivity contribution in [2.75, 3.05) is 6.26 Å². The number of hydrogen-bond donors (Lipinski definition) is 4. The van der Waals surface area contributed by atoms with Crippen LogP contribution in [0.3, 0.4) is 0 Å². The molecule has 224 valence electrons. The topological polar surface area (TPSA) is 151 Å². The van der Waals surface area contributed by atoms with Crippen LogP contribution in [0.15, 0.2) is 41.8 Å². The Morgan fingerprint density at radius 3 is 1.88 bits per heavy atom. The summed E-state index contributed by atoms with van der Waals surface area (Å²) in [6, 6.07) is 6.34. The van der Waals surface area contributed by atoms with E-state index >= 15 is 0 Å². The van der Waals surface area contributed by atoms with Crippen LogP contribution in [0.1, 0.15) is 66.4 Å². The van der Waals surface area contributed by atoms with Crippen LogP contribution >= 0.6 is 0 Å². The third kappa shape index (κ3) is 14.8. The van der Waals surface area contributed by atoms with Gasteiger partial charge < -0.3 is 21.3 Å². The van der Waals surface area contributed by atoms with Gasteiger partial charge in [0.25, 0.3) is 0 Å². The van der Waals surface area contributed by atoms with Crippen molar-refractivity contribution in [1.82, 2.24) is 21.3 Å². The van der Waals surface area contributed by atoms with E-state index in [1.807, 2.05) is 58.0 Å². The van der Waals surface area contributed by atoms with Crippen LogP contribution in [0.25, 0.3) is 0 Å². The van der Waals surface area contributed by atoms with Crippen LogP contribution in [-0.4, -0.2) is 62.5 Å². The minimum absolute atomic E-state index is 0.0558. The second-order valence-corrected chi connectivity index (χ2v) is 13.0. The Morgan fingerprint density at radius 1 is 0.775 bits per heavy atom. The first kappa shape index (κ1) is 34.8. The summed E-state index contributed by atoms with van der Waals surface area (Å²) < 4.78 is 23.1. The molecule has 0 aliphatic carbocycles. The number of benzene rings is 1. The number of carbonyl (C=O) groups excluding carboxylic acids is 4. The molecule has 0 fully saturated rings. The van der Waals surface area contributed by atoms with Gasteiger partial charge in [-0.2, -0.15) is 0 Å². The third-order valence-electron chi connectivity index (χ3n) is 5.96. The van der Waals surface area contributed by atoms with Gasteiger partial charge in [0, 0.05) is 24.6 Å². The van der Waals surface area contributed by atoms with Gasteiger partial charge in [0.15, 0.2) is 9.84 Å². The normalized spacial score (nSPS) is 14.8. The molecule has 4 amide bonds. The molecule has 0 saturated heterocycles. The smallest absolute Gasteiger partial charge is 0.243 e. The standard InChI is InChI=1S/C29H46N4O6S/c1-19(2)17-24(15-16-40(7,38)39)32-27(35)21(5)30-29(37)26(18-20(3)4)33-28(36)25(31-22(6)34)14-13-23-11-9-8-10-12-23/h8-12,15-16,19-21,24-26H,13-14,17-18H2,1-7H3,(H,30,37)(H,31,34)(H,32,35)(H,33,36)/b16-15+/t21-,24-,25+,26+/m1/s1. The zero-order valence-electron chi connectivity index (χ0n) is 24.7. The molecule has 0 saturated carbocycles. The highest BCUT2D eigenvalue weighted by Crippen LogP contribution is 2.10. The molecule has 0 aromatic heterocycles. The zero-order valence-corrected chi connectivity index (χ0v) is 25.5. The van der Waals surface area contributed by atoms with Crippen LogP contribution in [0.5, 0.6) is 0 Å². The van der Waals surface area contributed by atoms with E-state index in [1.165, 1.54) is 19.9 Å². The Hall–Kier alpha value is -3.21. The average molecular weight is 579 g/mol. The quantitative estimate of drug-likeness (QED) is 0.236. The van der Waals surface area contributed by atoms with Gasteiger partial charge in [-0.25, -0.2) is 8.42 Å². The molecule has 11 heteroatoms. The molecule has 0 spiro atoms. The van der Waals surface area contributed by atoms with Crippen LogP contribution in [0.4, 0.5) is 0 Å². The number of sulfone groups is 1. The molecule has 0 unspecified atom stereocenters. The van der Waals surface area contributed by atoms with Crippen molar-refractivity contribution in [2.24, 2.45) is 11.8 Å². The number of aryl methyl sites for hydroxylation is 1. The predicted octanol–water partition coefficient (Wildman–Crippen LogP) is 2.25. The zero-order chi connectivity index (χ0) is 30.5. The summed E-state index contributed by atoms with van der Waals surface area (Å²) in [4.78, 5) is 51.0. The summed E-state index contributed by atoms with van der Waals surface area (Å²) in [7, 11) is -3.37. The number of rotatable bonds is 16. The number of nitrogens with one attached hydrogen (secondary N) is 4. The van der Waals surface area contributed by atoms with Gasteiger partial charge in [-0.05, 0) is 50.0 Å². The number of hydrogen-bond acceptors (Lipinski definition) is 6. The Bertz CT molecular complexity index is 1120. The number of amides is 4. The van der Waals surface area contributed by atoms with E-state index in [1.54, 1.807) is 0 Å². The maximum absolute atomic E-state index is 13.2. The lowest BCUT2D eigenvalue weighted by Crippen LogP contribution is -2.56. The SMILES string of the molecule is CC(=O)N[C@@H](CCc1ccccc1)C(=O)N[C@@H](CC(C)C)C(=O)N[C@H](C)C(=O)N[C@H](/C=C/S(C)(=O)=O)CC(C)C. The van der Waals surface area contributed by atoms with E-state index in [0.717, 1.165) is 17.2 Å². The first-order valence-electron chi connectivity index (χ1n) is 13.7. The number of carbonyl (C=O) groups is 4. The monoisotopic (exact) mass is 578 g/mol. The largest absolute Gasteiger partial charge is 0.348 e. The van der Waals surface area contributed by atoms with Crippen LogP contribution < -0.4 is 21.3 Å². The first-order chi connectivity index (χ1) is 18.6. The second kappa shape index (κ2) is 16.8. The summed E-state index contributed by atoms with van der Waals surface area (Å²) >= 11 is 0. The molecule has 40 heavy (non-hydrogen) atoms. The van der Waals surface area contributed by atoms with Crippen molar-refractivity contribution in [1.29, 1.82) is 0 Å². The lowest BCUT2D eigenvalue weighted by atomic mass is 10.0. The van der Waals surface area contributed by atoms with Crippen molar-refractivity contribution in [2.45, 2.75) is 91.4 Å². The second-order valence-electron chi connectivity index (χ2n) is 11.1. The summed E-state index contributed by atoms with van der Waals surface area (Å²) in [5.41, 5.74) is 1.02. The molecule has 1 rings (SSSR count).